The molecule has 2 aromatic carbocycles. The summed E-state index contributed by atoms with van der Waals surface area (Å²) in [7, 11) is 1.60. The molecule has 2 heterocycles. The van der Waals surface area contributed by atoms with Crippen LogP contribution < -0.4 is 15.0 Å². The van der Waals surface area contributed by atoms with Crippen LogP contribution in [0.3, 0.4) is 0 Å². The summed E-state index contributed by atoms with van der Waals surface area (Å²) in [6, 6.07) is 11.2. The number of ether oxygens (including phenoxy) is 1. The van der Waals surface area contributed by atoms with Gasteiger partial charge in [-0.25, -0.2) is 14.8 Å². The molecular weight excluding hydrogens is 407 g/mol. The predicted molar refractivity (Wildman–Crippen MR) is 111 cm³/mol. The number of halogens is 3. The Balaban J connectivity index is 1.58. The van der Waals surface area contributed by atoms with Crippen molar-refractivity contribution < 1.29 is 17.9 Å². The molecule has 9 heteroatoms. The molecule has 1 aromatic heterocycles. The van der Waals surface area contributed by atoms with Gasteiger partial charge in [0.1, 0.15) is 17.9 Å². The van der Waals surface area contributed by atoms with Gasteiger partial charge in [0.15, 0.2) is 5.69 Å². The molecule has 0 radical (unpaired) electrons. The lowest BCUT2D eigenvalue weighted by atomic mass is 10.0. The summed E-state index contributed by atoms with van der Waals surface area (Å²) in [6.45, 7) is 7.85. The minimum atomic E-state index is -4.58. The van der Waals surface area contributed by atoms with E-state index >= 15 is 0 Å². The lowest BCUT2D eigenvalue weighted by molar-refractivity contribution is -0.136. The number of benzene rings is 2. The molecule has 1 N–H and O–H groups in total. The second kappa shape index (κ2) is 8.14. The Morgan fingerprint density at radius 2 is 1.90 bits per heavy atom. The highest BCUT2D eigenvalue weighted by Crippen LogP contribution is 2.39. The van der Waals surface area contributed by atoms with E-state index < -0.39 is 17.4 Å². The van der Waals surface area contributed by atoms with Crippen molar-refractivity contribution in [1.82, 2.24) is 9.97 Å². The van der Waals surface area contributed by atoms with Gasteiger partial charge in [0.05, 0.1) is 31.5 Å². The Morgan fingerprint density at radius 3 is 2.58 bits per heavy atom. The zero-order valence-electron chi connectivity index (χ0n) is 16.6. The number of aromatic nitrogens is 2. The fourth-order valence-electron chi connectivity index (χ4n) is 3.54. The molecule has 0 spiro atoms. The Hall–Kier alpha value is -3.80. The van der Waals surface area contributed by atoms with Crippen LogP contribution >= 0.6 is 0 Å². The van der Waals surface area contributed by atoms with Crippen molar-refractivity contribution >= 4 is 22.9 Å². The number of methoxy groups -OCH3 is 1. The van der Waals surface area contributed by atoms with Gasteiger partial charge in [0.2, 0.25) is 0 Å². The molecule has 1 aliphatic rings. The van der Waals surface area contributed by atoms with E-state index in [0.717, 1.165) is 28.8 Å². The van der Waals surface area contributed by atoms with E-state index in [4.69, 9.17) is 11.3 Å². The first-order chi connectivity index (χ1) is 14.9. The minimum Gasteiger partial charge on any atom is -0.497 e. The first-order valence-electron chi connectivity index (χ1n) is 9.46. The van der Waals surface area contributed by atoms with Crippen LogP contribution in [0.4, 0.5) is 36.1 Å². The predicted octanol–water partition coefficient (Wildman–Crippen LogP) is 5.36. The number of rotatable bonds is 4. The molecule has 6 nitrogen and oxygen atoms in total. The average Bonchev–Trinajstić information content (AvgIpc) is 2.78. The lowest BCUT2D eigenvalue weighted by Gasteiger charge is -2.31. The van der Waals surface area contributed by atoms with Crippen molar-refractivity contribution in [3.63, 3.8) is 0 Å². The van der Waals surface area contributed by atoms with Crippen molar-refractivity contribution in [2.75, 3.05) is 23.9 Å². The molecule has 0 atom stereocenters. The quantitative estimate of drug-likeness (QED) is 0.571. The maximum atomic E-state index is 13.3. The summed E-state index contributed by atoms with van der Waals surface area (Å²) in [6.07, 6.45) is -2.57. The molecule has 0 saturated carbocycles. The zero-order chi connectivity index (χ0) is 22.0. The van der Waals surface area contributed by atoms with Gasteiger partial charge < -0.3 is 15.0 Å². The SMILES string of the molecule is [C-]#[N+]c1ccc(N2CCc3c(ncnc3Nc3ccc(OC)cc3)C2)cc1C(F)(F)F. The summed E-state index contributed by atoms with van der Waals surface area (Å²) in [4.78, 5) is 13.5. The van der Waals surface area contributed by atoms with Gasteiger partial charge in [-0.05, 0) is 42.8 Å². The van der Waals surface area contributed by atoms with Gasteiger partial charge in [-0.15, -0.1) is 0 Å². The Bertz CT molecular complexity index is 1140. The number of nitrogens with one attached hydrogen (secondary N) is 1. The third kappa shape index (κ3) is 4.23. The number of fused-ring (bicyclic) bond motifs is 1. The summed E-state index contributed by atoms with van der Waals surface area (Å²) < 4.78 is 45.2. The van der Waals surface area contributed by atoms with Crippen LogP contribution in [0.15, 0.2) is 48.8 Å². The van der Waals surface area contributed by atoms with Crippen molar-refractivity contribution in [3.05, 3.63) is 77.0 Å². The molecule has 158 valence electrons. The van der Waals surface area contributed by atoms with Crippen LogP contribution in [-0.4, -0.2) is 23.6 Å². The van der Waals surface area contributed by atoms with Gasteiger partial charge in [0, 0.05) is 23.5 Å². The minimum absolute atomic E-state index is 0.351. The Labute approximate surface area is 177 Å². The molecule has 0 bridgehead atoms. The van der Waals surface area contributed by atoms with E-state index in [1.807, 2.05) is 29.2 Å². The topological polar surface area (TPSA) is 54.6 Å². The maximum Gasteiger partial charge on any atom is 0.407 e. The number of anilines is 3. The first kappa shape index (κ1) is 20.5. The largest absolute Gasteiger partial charge is 0.497 e. The molecule has 1 aliphatic heterocycles. The van der Waals surface area contributed by atoms with Crippen LogP contribution in [0.25, 0.3) is 4.85 Å². The number of hydrogen-bond donors (Lipinski definition) is 1. The second-order valence-electron chi connectivity index (χ2n) is 6.98. The number of hydrogen-bond acceptors (Lipinski definition) is 5. The normalized spacial score (nSPS) is 13.3. The van der Waals surface area contributed by atoms with E-state index in [1.165, 1.54) is 12.4 Å². The number of nitrogens with zero attached hydrogens (tertiary/aromatic N) is 4. The van der Waals surface area contributed by atoms with Crippen molar-refractivity contribution in [2.45, 2.75) is 19.1 Å². The maximum absolute atomic E-state index is 13.3. The van der Waals surface area contributed by atoms with Crippen molar-refractivity contribution in [3.8, 4) is 5.75 Å². The van der Waals surface area contributed by atoms with Crippen LogP contribution in [0, 0.1) is 6.57 Å². The monoisotopic (exact) mass is 425 g/mol. The van der Waals surface area contributed by atoms with Crippen LogP contribution in [0.2, 0.25) is 0 Å². The van der Waals surface area contributed by atoms with Gasteiger partial charge in [-0.3, -0.25) is 0 Å². The third-order valence-electron chi connectivity index (χ3n) is 5.13. The van der Waals surface area contributed by atoms with E-state index in [9.17, 15) is 13.2 Å². The highest BCUT2D eigenvalue weighted by Gasteiger charge is 2.34. The van der Waals surface area contributed by atoms with Crippen LogP contribution in [0.5, 0.6) is 5.75 Å². The average molecular weight is 425 g/mol. The molecule has 0 aliphatic carbocycles. The molecule has 0 fully saturated rings. The first-order valence-corrected chi connectivity index (χ1v) is 9.46. The van der Waals surface area contributed by atoms with Gasteiger partial charge in [0.25, 0.3) is 0 Å². The van der Waals surface area contributed by atoms with Crippen LogP contribution in [0.1, 0.15) is 16.8 Å². The molecule has 4 rings (SSSR count). The van der Waals surface area contributed by atoms with E-state index in [1.54, 1.807) is 13.2 Å². The molecule has 0 amide bonds. The number of alkyl halides is 3. The van der Waals surface area contributed by atoms with Crippen molar-refractivity contribution in [2.24, 2.45) is 0 Å². The smallest absolute Gasteiger partial charge is 0.407 e. The third-order valence-corrected chi connectivity index (χ3v) is 5.13. The standard InChI is InChI=1S/C22H18F3N5O/c1-26-19-8-5-15(11-18(19)22(23,24)25)30-10-9-17-20(12-30)27-13-28-21(17)29-14-3-6-16(31-2)7-4-14/h3-8,11,13H,9-10,12H2,2H3,(H,27,28,29). The lowest BCUT2D eigenvalue weighted by Crippen LogP contribution is -2.32. The zero-order valence-corrected chi connectivity index (χ0v) is 16.6. The highest BCUT2D eigenvalue weighted by molar-refractivity contribution is 5.65. The van der Waals surface area contributed by atoms with E-state index in [0.29, 0.717) is 31.0 Å². The molecule has 31 heavy (non-hydrogen) atoms. The summed E-state index contributed by atoms with van der Waals surface area (Å²) >= 11 is 0. The fourth-order valence-corrected chi connectivity index (χ4v) is 3.54. The summed E-state index contributed by atoms with van der Waals surface area (Å²) in [5.74, 6) is 1.42. The van der Waals surface area contributed by atoms with E-state index in [2.05, 4.69) is 20.1 Å². The Morgan fingerprint density at radius 1 is 1.13 bits per heavy atom. The van der Waals surface area contributed by atoms with Gasteiger partial charge >= 0.3 is 6.18 Å². The van der Waals surface area contributed by atoms with Crippen LogP contribution in [-0.2, 0) is 19.1 Å². The molecule has 3 aromatic rings. The van der Waals surface area contributed by atoms with Crippen molar-refractivity contribution in [1.29, 1.82) is 0 Å². The van der Waals surface area contributed by atoms with Gasteiger partial charge in [-0.1, -0.05) is 6.07 Å². The second-order valence-corrected chi connectivity index (χ2v) is 6.98. The van der Waals surface area contributed by atoms with Gasteiger partial charge in [-0.2, -0.15) is 13.2 Å². The summed E-state index contributed by atoms with van der Waals surface area (Å²) in [5.41, 5.74) is 1.61. The molecular formula is C22H18F3N5O. The summed E-state index contributed by atoms with van der Waals surface area (Å²) in [5, 5.41) is 3.27. The molecule has 0 saturated heterocycles. The highest BCUT2D eigenvalue weighted by atomic mass is 19.4. The fraction of sp³-hybridized carbons (Fsp3) is 0.227. The Kier molecular flexibility index (Phi) is 5.38. The van der Waals surface area contributed by atoms with E-state index in [-0.39, 0.29) is 0 Å². The molecule has 0 unspecified atom stereocenters.